The van der Waals surface area contributed by atoms with Gasteiger partial charge in [-0.25, -0.2) is 0 Å². The predicted molar refractivity (Wildman–Crippen MR) is 139 cm³/mol. The summed E-state index contributed by atoms with van der Waals surface area (Å²) in [6.45, 7) is 1.10. The van der Waals surface area contributed by atoms with Crippen LogP contribution in [0.3, 0.4) is 0 Å². The van der Waals surface area contributed by atoms with E-state index in [1.165, 1.54) is 12.1 Å². The second kappa shape index (κ2) is 12.3. The van der Waals surface area contributed by atoms with Gasteiger partial charge in [-0.15, -0.1) is 0 Å². The molecular weight excluding hydrogens is 672 g/mol. The van der Waals surface area contributed by atoms with Gasteiger partial charge in [-0.3, -0.25) is 9.59 Å². The van der Waals surface area contributed by atoms with E-state index in [-0.39, 0.29) is 17.7 Å². The van der Waals surface area contributed by atoms with E-state index in [0.29, 0.717) is 24.3 Å². The molecule has 4 N–H and O–H groups in total. The smallest absolute Gasteiger partial charge is 0.430 e. The Kier molecular flexibility index (Phi) is 9.63. The van der Waals surface area contributed by atoms with Crippen molar-refractivity contribution in [2.45, 2.75) is 42.8 Å². The van der Waals surface area contributed by atoms with E-state index >= 15 is 0 Å². The molecular formula is C28H20F12N2O5. The number of aliphatic hydroxyl groups is 2. The number of benzene rings is 3. The number of halogens is 12. The molecule has 0 atom stereocenters. The maximum atomic E-state index is 13.9. The second-order valence-electron chi connectivity index (χ2n) is 9.77. The zero-order chi connectivity index (χ0) is 36.0. The monoisotopic (exact) mass is 692 g/mol. The Hall–Kier alpha value is -4.52. The summed E-state index contributed by atoms with van der Waals surface area (Å²) in [7, 11) is 0.886. The van der Waals surface area contributed by atoms with Crippen LogP contribution in [0.1, 0.15) is 38.8 Å². The van der Waals surface area contributed by atoms with Crippen LogP contribution in [0.5, 0.6) is 11.5 Å². The van der Waals surface area contributed by atoms with Crippen LogP contribution < -0.4 is 15.4 Å². The van der Waals surface area contributed by atoms with Gasteiger partial charge >= 0.3 is 24.7 Å². The first-order chi connectivity index (χ1) is 21.3. The molecule has 0 saturated heterocycles. The standard InChI is InChI=1S/C28H20F12N2O5/c1-13(43)14-4-3-5-15(10-14)22(44)42-21-9-7-17(12-19(21)24(46,27(35,36)37)28(38,39)40)47-16-6-8-20(41-2)18(11-16)23(45,25(29,30)31)26(32,33)34/h3-12,41,45-46H,1-2H3,(H,42,44). The lowest BCUT2D eigenvalue weighted by Crippen LogP contribution is -2.54. The Morgan fingerprint density at radius 2 is 1.02 bits per heavy atom. The fraction of sp³-hybridized carbons (Fsp3) is 0.286. The van der Waals surface area contributed by atoms with Crippen molar-refractivity contribution in [3.8, 4) is 11.5 Å². The molecule has 0 radical (unpaired) electrons. The molecule has 1 amide bonds. The maximum Gasteiger partial charge on any atom is 0.430 e. The van der Waals surface area contributed by atoms with Crippen molar-refractivity contribution in [3.05, 3.63) is 82.9 Å². The van der Waals surface area contributed by atoms with Crippen molar-refractivity contribution < 1.29 is 77.2 Å². The number of anilines is 2. The molecule has 0 spiro atoms. The van der Waals surface area contributed by atoms with Crippen molar-refractivity contribution in [3.63, 3.8) is 0 Å². The van der Waals surface area contributed by atoms with Gasteiger partial charge in [0.15, 0.2) is 5.78 Å². The number of hydrogen-bond acceptors (Lipinski definition) is 6. The van der Waals surface area contributed by atoms with Crippen molar-refractivity contribution in [1.29, 1.82) is 0 Å². The maximum absolute atomic E-state index is 13.9. The summed E-state index contributed by atoms with van der Waals surface area (Å²) in [4.78, 5) is 24.4. The van der Waals surface area contributed by atoms with Gasteiger partial charge in [0.25, 0.3) is 17.1 Å². The largest absolute Gasteiger partial charge is 0.457 e. The van der Waals surface area contributed by atoms with Gasteiger partial charge in [0, 0.05) is 40.7 Å². The normalized spacial score (nSPS) is 13.3. The highest BCUT2D eigenvalue weighted by atomic mass is 19.4. The Morgan fingerprint density at radius 3 is 1.43 bits per heavy atom. The molecule has 0 aliphatic carbocycles. The molecule has 0 bridgehead atoms. The van der Waals surface area contributed by atoms with Crippen LogP contribution in [0, 0.1) is 0 Å². The van der Waals surface area contributed by atoms with Gasteiger partial charge in [-0.1, -0.05) is 12.1 Å². The first kappa shape index (κ1) is 36.9. The van der Waals surface area contributed by atoms with E-state index in [4.69, 9.17) is 4.74 Å². The molecule has 0 aliphatic rings. The lowest BCUT2D eigenvalue weighted by atomic mass is 9.90. The average Bonchev–Trinajstić information content (AvgIpc) is 2.94. The number of carbonyl (C=O) groups excluding carboxylic acids is 2. The molecule has 3 rings (SSSR count). The number of ether oxygens (including phenoxy) is 1. The van der Waals surface area contributed by atoms with Crippen molar-refractivity contribution in [2.24, 2.45) is 0 Å². The number of ketones is 1. The minimum atomic E-state index is -6.53. The molecule has 0 fully saturated rings. The second-order valence-corrected chi connectivity index (χ2v) is 9.77. The molecule has 0 saturated carbocycles. The van der Waals surface area contributed by atoms with E-state index < -0.39 is 87.2 Å². The molecule has 7 nitrogen and oxygen atoms in total. The van der Waals surface area contributed by atoms with Crippen LogP contribution >= 0.6 is 0 Å². The summed E-state index contributed by atoms with van der Waals surface area (Å²) in [5.74, 6) is -4.05. The van der Waals surface area contributed by atoms with E-state index in [2.05, 4.69) is 0 Å². The molecule has 3 aromatic carbocycles. The van der Waals surface area contributed by atoms with Crippen LogP contribution in [-0.4, -0.2) is 53.7 Å². The fourth-order valence-electron chi connectivity index (χ4n) is 4.24. The molecule has 0 heterocycles. The Bertz CT molecular complexity index is 1640. The van der Waals surface area contributed by atoms with E-state index in [1.54, 1.807) is 5.32 Å². The molecule has 47 heavy (non-hydrogen) atoms. The van der Waals surface area contributed by atoms with Gasteiger partial charge in [0.2, 0.25) is 0 Å². The third-order valence-corrected chi connectivity index (χ3v) is 6.69. The highest BCUT2D eigenvalue weighted by molar-refractivity contribution is 6.06. The number of rotatable bonds is 8. The van der Waals surface area contributed by atoms with E-state index in [9.17, 15) is 72.5 Å². The summed E-state index contributed by atoms with van der Waals surface area (Å²) in [5, 5.41) is 23.7. The van der Waals surface area contributed by atoms with Gasteiger partial charge in [-0.05, 0) is 55.5 Å². The SMILES string of the molecule is CNc1ccc(Oc2ccc(NC(=O)c3cccc(C(C)=O)c3)c(C(O)(C(F)(F)F)C(F)(F)F)c2)cc1C(O)(C(F)(F)F)C(F)(F)F. The third kappa shape index (κ3) is 6.80. The van der Waals surface area contributed by atoms with Crippen LogP contribution in [0.4, 0.5) is 64.1 Å². The fourth-order valence-corrected chi connectivity index (χ4v) is 4.24. The summed E-state index contributed by atoms with van der Waals surface area (Å²) >= 11 is 0. The highest BCUT2D eigenvalue weighted by Gasteiger charge is 2.73. The molecule has 0 unspecified atom stereocenters. The van der Waals surface area contributed by atoms with Crippen molar-refractivity contribution in [1.82, 2.24) is 0 Å². The minimum absolute atomic E-state index is 0.0100. The van der Waals surface area contributed by atoms with Crippen molar-refractivity contribution >= 4 is 23.1 Å². The Labute approximate surface area is 255 Å². The van der Waals surface area contributed by atoms with Gasteiger partial charge in [-0.2, -0.15) is 52.7 Å². The van der Waals surface area contributed by atoms with E-state index in [0.717, 1.165) is 26.1 Å². The Morgan fingerprint density at radius 1 is 0.617 bits per heavy atom. The number of carbonyl (C=O) groups is 2. The first-order valence-electron chi connectivity index (χ1n) is 12.6. The highest BCUT2D eigenvalue weighted by Crippen LogP contribution is 2.54. The number of alkyl halides is 12. The zero-order valence-corrected chi connectivity index (χ0v) is 23.4. The van der Waals surface area contributed by atoms with E-state index in [1.807, 2.05) is 5.32 Å². The van der Waals surface area contributed by atoms with Crippen LogP contribution in [0.15, 0.2) is 60.7 Å². The number of amides is 1. The zero-order valence-electron chi connectivity index (χ0n) is 23.4. The average molecular weight is 692 g/mol. The molecule has 0 aliphatic heterocycles. The first-order valence-corrected chi connectivity index (χ1v) is 12.6. The predicted octanol–water partition coefficient (Wildman–Crippen LogP) is 7.60. The van der Waals surface area contributed by atoms with Gasteiger partial charge < -0.3 is 25.6 Å². The summed E-state index contributed by atoms with van der Waals surface area (Å²) in [6.07, 6.45) is -25.8. The summed E-state index contributed by atoms with van der Waals surface area (Å²) < 4.78 is 170. The van der Waals surface area contributed by atoms with Crippen molar-refractivity contribution in [2.75, 3.05) is 17.7 Å². The minimum Gasteiger partial charge on any atom is -0.457 e. The molecule has 19 heteroatoms. The molecule has 0 aromatic heterocycles. The summed E-state index contributed by atoms with van der Waals surface area (Å²) in [5.41, 5.74) is -18.0. The van der Waals surface area contributed by atoms with Gasteiger partial charge in [0.1, 0.15) is 11.5 Å². The number of Topliss-reactive ketones (excluding diaryl/α,β-unsaturated/α-hetero) is 1. The third-order valence-electron chi connectivity index (χ3n) is 6.69. The topological polar surface area (TPSA) is 108 Å². The van der Waals surface area contributed by atoms with Crippen LogP contribution in [-0.2, 0) is 11.2 Å². The van der Waals surface area contributed by atoms with Crippen LogP contribution in [0.25, 0.3) is 0 Å². The number of hydrogen-bond donors (Lipinski definition) is 4. The quantitative estimate of drug-likeness (QED) is 0.143. The van der Waals surface area contributed by atoms with Crippen LogP contribution in [0.2, 0.25) is 0 Å². The molecule has 3 aromatic rings. The molecule has 256 valence electrons. The summed E-state index contributed by atoms with van der Waals surface area (Å²) in [6, 6.07) is 6.49. The lowest BCUT2D eigenvalue weighted by molar-refractivity contribution is -0.376. The van der Waals surface area contributed by atoms with Gasteiger partial charge in [0.05, 0.1) is 0 Å². The Balaban J connectivity index is 2.22. The lowest BCUT2D eigenvalue weighted by Gasteiger charge is -2.34. The number of nitrogens with one attached hydrogen (secondary N) is 2.